The average molecular weight is 314 g/mol. The minimum Gasteiger partial charge on any atom is -0.491 e. The van der Waals surface area contributed by atoms with Gasteiger partial charge in [-0.2, -0.15) is 10.2 Å². The second-order valence-electron chi connectivity index (χ2n) is 5.48. The molecule has 23 heavy (non-hydrogen) atoms. The minimum absolute atomic E-state index is 0.121. The summed E-state index contributed by atoms with van der Waals surface area (Å²) in [4.78, 5) is 12.1. The summed E-state index contributed by atoms with van der Waals surface area (Å²) in [5.74, 6) is 0.695. The Morgan fingerprint density at radius 1 is 1.22 bits per heavy atom. The molecular weight excluding hydrogens is 296 g/mol. The van der Waals surface area contributed by atoms with Crippen molar-refractivity contribution in [2.45, 2.75) is 19.6 Å². The van der Waals surface area contributed by atoms with Crippen LogP contribution in [-0.4, -0.2) is 37.4 Å². The Bertz CT molecular complexity index is 867. The van der Waals surface area contributed by atoms with Crippen LogP contribution in [0.4, 0.5) is 0 Å². The first-order valence-corrected chi connectivity index (χ1v) is 7.30. The van der Waals surface area contributed by atoms with Crippen molar-refractivity contribution in [2.75, 3.05) is 6.61 Å². The Morgan fingerprint density at radius 3 is 2.65 bits per heavy atom. The number of ether oxygens (including phenoxy) is 1. The third-order valence-electron chi connectivity index (χ3n) is 3.58. The Balaban J connectivity index is 1.70. The highest BCUT2D eigenvalue weighted by Crippen LogP contribution is 2.12. The largest absolute Gasteiger partial charge is 0.491 e. The second kappa shape index (κ2) is 6.21. The number of aryl methyl sites for hydroxylation is 2. The van der Waals surface area contributed by atoms with Crippen LogP contribution in [0, 0.1) is 6.92 Å². The maximum absolute atomic E-state index is 12.1. The molecule has 3 aromatic rings. The van der Waals surface area contributed by atoms with Crippen LogP contribution in [0.2, 0.25) is 0 Å². The van der Waals surface area contributed by atoms with Gasteiger partial charge in [0.2, 0.25) is 0 Å². The number of rotatable bonds is 5. The van der Waals surface area contributed by atoms with E-state index in [2.05, 4.69) is 10.2 Å². The van der Waals surface area contributed by atoms with Crippen LogP contribution >= 0.6 is 0 Å². The molecule has 0 bridgehead atoms. The van der Waals surface area contributed by atoms with Gasteiger partial charge < -0.3 is 9.84 Å². The lowest BCUT2D eigenvalue weighted by Crippen LogP contribution is -2.27. The summed E-state index contributed by atoms with van der Waals surface area (Å²) in [5.41, 5.74) is 1.33. The number of aliphatic hydroxyl groups is 1. The lowest BCUT2D eigenvalue weighted by molar-refractivity contribution is 0.0904. The normalized spacial score (nSPS) is 12.5. The SMILES string of the molecule is Cc1ccc(OC[C@@H](O)Cn2ncc3cnn(C)c(=O)c32)cc1. The fourth-order valence-corrected chi connectivity index (χ4v) is 2.30. The molecule has 0 radical (unpaired) electrons. The zero-order valence-corrected chi connectivity index (χ0v) is 13.0. The lowest BCUT2D eigenvalue weighted by Gasteiger charge is -2.13. The van der Waals surface area contributed by atoms with Crippen LogP contribution in [0.3, 0.4) is 0 Å². The monoisotopic (exact) mass is 314 g/mol. The summed E-state index contributed by atoms with van der Waals surface area (Å²) in [6.45, 7) is 2.29. The molecule has 0 unspecified atom stereocenters. The summed E-state index contributed by atoms with van der Waals surface area (Å²) in [7, 11) is 1.58. The molecule has 1 aromatic carbocycles. The number of fused-ring (bicyclic) bond motifs is 1. The van der Waals surface area contributed by atoms with Crippen molar-refractivity contribution in [3.05, 3.63) is 52.6 Å². The molecule has 1 N–H and O–H groups in total. The highest BCUT2D eigenvalue weighted by atomic mass is 16.5. The molecule has 0 aliphatic rings. The quantitative estimate of drug-likeness (QED) is 0.756. The van der Waals surface area contributed by atoms with Gasteiger partial charge in [0.15, 0.2) is 0 Å². The molecule has 0 fully saturated rings. The summed E-state index contributed by atoms with van der Waals surface area (Å²) in [6, 6.07) is 7.60. The maximum Gasteiger partial charge on any atom is 0.292 e. The molecule has 3 rings (SSSR count). The molecule has 7 heteroatoms. The molecule has 2 heterocycles. The van der Waals surface area contributed by atoms with Crippen molar-refractivity contribution in [1.82, 2.24) is 19.6 Å². The van der Waals surface area contributed by atoms with Crippen molar-refractivity contribution in [3.8, 4) is 5.75 Å². The fraction of sp³-hybridized carbons (Fsp3) is 0.312. The Hall–Kier alpha value is -2.67. The average Bonchev–Trinajstić information content (AvgIpc) is 2.94. The lowest BCUT2D eigenvalue weighted by atomic mass is 10.2. The second-order valence-corrected chi connectivity index (χ2v) is 5.48. The molecular formula is C16H18N4O3. The van der Waals surface area contributed by atoms with Crippen molar-refractivity contribution >= 4 is 10.9 Å². The molecule has 120 valence electrons. The first-order valence-electron chi connectivity index (χ1n) is 7.30. The molecule has 0 saturated carbocycles. The van der Waals surface area contributed by atoms with Gasteiger partial charge in [-0.15, -0.1) is 0 Å². The number of benzene rings is 1. The molecule has 0 amide bonds. The number of aromatic nitrogens is 4. The van der Waals surface area contributed by atoms with E-state index in [-0.39, 0.29) is 18.7 Å². The molecule has 0 aliphatic heterocycles. The van der Waals surface area contributed by atoms with E-state index in [1.54, 1.807) is 19.4 Å². The first kappa shape index (κ1) is 15.2. The van der Waals surface area contributed by atoms with Gasteiger partial charge >= 0.3 is 0 Å². The van der Waals surface area contributed by atoms with E-state index in [1.165, 1.54) is 9.36 Å². The zero-order chi connectivity index (χ0) is 16.4. The van der Waals surface area contributed by atoms with Crippen LogP contribution < -0.4 is 10.3 Å². The molecule has 7 nitrogen and oxygen atoms in total. The smallest absolute Gasteiger partial charge is 0.292 e. The fourth-order valence-electron chi connectivity index (χ4n) is 2.30. The topological polar surface area (TPSA) is 82.2 Å². The van der Waals surface area contributed by atoms with Gasteiger partial charge in [-0.1, -0.05) is 17.7 Å². The summed E-state index contributed by atoms with van der Waals surface area (Å²) in [5, 5.41) is 18.9. The van der Waals surface area contributed by atoms with E-state index in [0.717, 1.165) is 5.56 Å². The highest BCUT2D eigenvalue weighted by molar-refractivity contribution is 5.76. The van der Waals surface area contributed by atoms with Gasteiger partial charge in [0.1, 0.15) is 24.0 Å². The van der Waals surface area contributed by atoms with Gasteiger partial charge in [0, 0.05) is 12.4 Å². The van der Waals surface area contributed by atoms with E-state index in [4.69, 9.17) is 4.74 Å². The third kappa shape index (κ3) is 3.24. The predicted octanol–water partition coefficient (Wildman–Crippen LogP) is 0.878. The predicted molar refractivity (Wildman–Crippen MR) is 85.4 cm³/mol. The van der Waals surface area contributed by atoms with Gasteiger partial charge in [0.25, 0.3) is 5.56 Å². The molecule has 0 spiro atoms. The number of hydrogen-bond donors (Lipinski definition) is 1. The molecule has 0 aliphatic carbocycles. The summed E-state index contributed by atoms with van der Waals surface area (Å²) < 4.78 is 8.29. The summed E-state index contributed by atoms with van der Waals surface area (Å²) in [6.07, 6.45) is 2.37. The van der Waals surface area contributed by atoms with Gasteiger partial charge in [-0.05, 0) is 19.1 Å². The van der Waals surface area contributed by atoms with Crippen LogP contribution in [0.5, 0.6) is 5.75 Å². The van der Waals surface area contributed by atoms with E-state index >= 15 is 0 Å². The van der Waals surface area contributed by atoms with E-state index in [1.807, 2.05) is 31.2 Å². The first-order chi connectivity index (χ1) is 11.0. The molecule has 2 aromatic heterocycles. The molecule has 1 atom stereocenters. The van der Waals surface area contributed by atoms with E-state index in [9.17, 15) is 9.90 Å². The highest BCUT2D eigenvalue weighted by Gasteiger charge is 2.13. The Labute approximate surface area is 132 Å². The van der Waals surface area contributed by atoms with E-state index < -0.39 is 6.10 Å². The zero-order valence-electron chi connectivity index (χ0n) is 13.0. The van der Waals surface area contributed by atoms with Crippen LogP contribution in [0.25, 0.3) is 10.9 Å². The number of nitrogens with zero attached hydrogens (tertiary/aromatic N) is 4. The maximum atomic E-state index is 12.1. The van der Waals surface area contributed by atoms with Crippen molar-refractivity contribution in [2.24, 2.45) is 7.05 Å². The van der Waals surface area contributed by atoms with Crippen LogP contribution in [-0.2, 0) is 13.6 Å². The number of hydrogen-bond acceptors (Lipinski definition) is 5. The van der Waals surface area contributed by atoms with Gasteiger partial charge in [0.05, 0.1) is 18.9 Å². The van der Waals surface area contributed by atoms with Crippen LogP contribution in [0.1, 0.15) is 5.56 Å². The summed E-state index contributed by atoms with van der Waals surface area (Å²) >= 11 is 0. The van der Waals surface area contributed by atoms with Gasteiger partial charge in [-0.3, -0.25) is 9.48 Å². The molecule has 0 saturated heterocycles. The van der Waals surface area contributed by atoms with E-state index in [0.29, 0.717) is 16.7 Å². The van der Waals surface area contributed by atoms with Crippen molar-refractivity contribution in [3.63, 3.8) is 0 Å². The van der Waals surface area contributed by atoms with Crippen molar-refractivity contribution in [1.29, 1.82) is 0 Å². The minimum atomic E-state index is -0.780. The Kier molecular flexibility index (Phi) is 4.12. The number of aliphatic hydroxyl groups excluding tert-OH is 1. The Morgan fingerprint density at radius 2 is 1.91 bits per heavy atom. The third-order valence-corrected chi connectivity index (χ3v) is 3.58. The van der Waals surface area contributed by atoms with Crippen LogP contribution in [0.15, 0.2) is 41.5 Å². The van der Waals surface area contributed by atoms with Crippen molar-refractivity contribution < 1.29 is 9.84 Å². The standard InChI is InChI=1S/C16H18N4O3/c1-11-3-5-14(6-4-11)23-10-13(21)9-20-15-12(8-18-20)7-17-19(2)16(15)22/h3-8,13,21H,9-10H2,1-2H3/t13-/m0/s1. The van der Waals surface area contributed by atoms with Gasteiger partial charge in [-0.25, -0.2) is 4.68 Å².